The Morgan fingerprint density at radius 2 is 2.57 bits per heavy atom. The van der Waals surface area contributed by atoms with E-state index in [0.29, 0.717) is 0 Å². The zero-order valence-electron chi connectivity index (χ0n) is 3.98. The first-order valence-electron chi connectivity index (χ1n) is 2.37. The summed E-state index contributed by atoms with van der Waals surface area (Å²) in [6.07, 6.45) is 1.84. The Bertz CT molecular complexity index is 68.1. The Balaban J connectivity index is 2.26. The molecule has 1 aliphatic heterocycles. The van der Waals surface area contributed by atoms with Gasteiger partial charge in [-0.2, -0.15) is 0 Å². The van der Waals surface area contributed by atoms with Crippen LogP contribution in [0.1, 0.15) is 6.42 Å². The van der Waals surface area contributed by atoms with Gasteiger partial charge in [0.15, 0.2) is 0 Å². The Morgan fingerprint density at radius 3 is 2.86 bits per heavy atom. The summed E-state index contributed by atoms with van der Waals surface area (Å²) >= 11 is 0. The lowest BCUT2D eigenvalue weighted by atomic mass is 10.3. The van der Waals surface area contributed by atoms with Crippen molar-refractivity contribution in [2.24, 2.45) is 0 Å². The lowest BCUT2D eigenvalue weighted by molar-refractivity contribution is -0.109. The predicted octanol–water partition coefficient (Wildman–Crippen LogP) is -0.948. The van der Waals surface area contributed by atoms with Gasteiger partial charge in [-0.25, -0.2) is 5.43 Å². The van der Waals surface area contributed by atoms with Gasteiger partial charge in [0.2, 0.25) is 0 Å². The van der Waals surface area contributed by atoms with Crippen molar-refractivity contribution < 1.29 is 4.79 Å². The van der Waals surface area contributed by atoms with Gasteiger partial charge in [0.1, 0.15) is 6.29 Å². The van der Waals surface area contributed by atoms with Gasteiger partial charge in [-0.05, 0) is 6.42 Å². The van der Waals surface area contributed by atoms with Crippen LogP contribution in [0.15, 0.2) is 0 Å². The van der Waals surface area contributed by atoms with Crippen molar-refractivity contribution in [1.82, 2.24) is 10.9 Å². The van der Waals surface area contributed by atoms with Crippen molar-refractivity contribution in [2.75, 3.05) is 6.54 Å². The van der Waals surface area contributed by atoms with Gasteiger partial charge in [0.05, 0.1) is 6.04 Å². The average Bonchev–Trinajstić information content (AvgIpc) is 2.14. The molecule has 0 spiro atoms. The molecule has 0 aromatic carbocycles. The number of aldehydes is 1. The molecule has 7 heavy (non-hydrogen) atoms. The summed E-state index contributed by atoms with van der Waals surface area (Å²) in [6, 6.07) is 0.0556. The minimum Gasteiger partial charge on any atom is -0.302 e. The maximum Gasteiger partial charge on any atom is 0.138 e. The van der Waals surface area contributed by atoms with Gasteiger partial charge in [-0.15, -0.1) is 0 Å². The summed E-state index contributed by atoms with van der Waals surface area (Å²) in [6.45, 7) is 0.906. The molecule has 0 aromatic rings. The van der Waals surface area contributed by atoms with Gasteiger partial charge in [-0.1, -0.05) is 0 Å². The SMILES string of the molecule is O=CC1CCNN1. The van der Waals surface area contributed by atoms with Crippen LogP contribution in [-0.2, 0) is 4.79 Å². The fourth-order valence-corrected chi connectivity index (χ4v) is 0.605. The Morgan fingerprint density at radius 1 is 1.71 bits per heavy atom. The molecule has 2 N–H and O–H groups in total. The molecule has 3 heteroatoms. The minimum absolute atomic E-state index is 0.0556. The van der Waals surface area contributed by atoms with E-state index in [1.165, 1.54) is 0 Å². The number of nitrogens with one attached hydrogen (secondary N) is 2. The molecule has 1 rings (SSSR count). The lowest BCUT2D eigenvalue weighted by Crippen LogP contribution is -2.30. The average molecular weight is 100 g/mol. The molecule has 0 saturated carbocycles. The van der Waals surface area contributed by atoms with Crippen molar-refractivity contribution in [3.05, 3.63) is 0 Å². The Hall–Kier alpha value is -0.410. The smallest absolute Gasteiger partial charge is 0.138 e. The van der Waals surface area contributed by atoms with Crippen molar-refractivity contribution in [3.8, 4) is 0 Å². The summed E-state index contributed by atoms with van der Waals surface area (Å²) in [4.78, 5) is 9.90. The third kappa shape index (κ3) is 0.976. The van der Waals surface area contributed by atoms with Gasteiger partial charge < -0.3 is 4.79 Å². The van der Waals surface area contributed by atoms with Crippen LogP contribution in [0.3, 0.4) is 0 Å². The maximum absolute atomic E-state index is 9.90. The molecule has 3 nitrogen and oxygen atoms in total. The molecule has 40 valence electrons. The van der Waals surface area contributed by atoms with E-state index in [1.54, 1.807) is 0 Å². The monoisotopic (exact) mass is 100 g/mol. The van der Waals surface area contributed by atoms with Crippen molar-refractivity contribution in [1.29, 1.82) is 0 Å². The first kappa shape index (κ1) is 4.74. The molecule has 1 aliphatic rings. The summed E-state index contributed by atoms with van der Waals surface area (Å²) in [7, 11) is 0. The molecule has 1 saturated heterocycles. The van der Waals surface area contributed by atoms with Crippen molar-refractivity contribution >= 4 is 6.29 Å². The highest BCUT2D eigenvalue weighted by Crippen LogP contribution is 1.88. The van der Waals surface area contributed by atoms with Crippen LogP contribution in [0.5, 0.6) is 0 Å². The second-order valence-electron chi connectivity index (χ2n) is 1.60. The maximum atomic E-state index is 9.90. The van der Waals surface area contributed by atoms with E-state index < -0.39 is 0 Å². The molecule has 1 atom stereocenters. The predicted molar refractivity (Wildman–Crippen MR) is 25.6 cm³/mol. The number of carbonyl (C=O) groups is 1. The lowest BCUT2D eigenvalue weighted by Gasteiger charge is -1.93. The first-order chi connectivity index (χ1) is 3.43. The van der Waals surface area contributed by atoms with E-state index in [2.05, 4.69) is 10.9 Å². The molecule has 0 bridgehead atoms. The minimum atomic E-state index is 0.0556. The molecule has 0 aromatic heterocycles. The number of carbonyl (C=O) groups excluding carboxylic acids is 1. The third-order valence-corrected chi connectivity index (χ3v) is 1.03. The van der Waals surface area contributed by atoms with Crippen molar-refractivity contribution in [3.63, 3.8) is 0 Å². The highest BCUT2D eigenvalue weighted by Gasteiger charge is 2.10. The van der Waals surface area contributed by atoms with Gasteiger partial charge in [-0.3, -0.25) is 5.43 Å². The first-order valence-corrected chi connectivity index (χ1v) is 2.37. The molecule has 1 heterocycles. The van der Waals surface area contributed by atoms with E-state index in [0.717, 1.165) is 19.3 Å². The standard InChI is InChI=1S/C4H8N2O/c7-3-4-1-2-5-6-4/h3-6H,1-2H2. The summed E-state index contributed by atoms with van der Waals surface area (Å²) < 4.78 is 0. The molecule has 1 unspecified atom stereocenters. The van der Waals surface area contributed by atoms with E-state index in [9.17, 15) is 4.79 Å². The fraction of sp³-hybridized carbons (Fsp3) is 0.750. The zero-order valence-corrected chi connectivity index (χ0v) is 3.98. The van der Waals surface area contributed by atoms with Crippen LogP contribution in [0.25, 0.3) is 0 Å². The Labute approximate surface area is 42.1 Å². The van der Waals surface area contributed by atoms with E-state index in [-0.39, 0.29) is 6.04 Å². The van der Waals surface area contributed by atoms with Crippen LogP contribution < -0.4 is 10.9 Å². The number of hydrogen-bond donors (Lipinski definition) is 2. The summed E-state index contributed by atoms with van der Waals surface area (Å²) in [5.41, 5.74) is 5.63. The Kier molecular flexibility index (Phi) is 1.38. The van der Waals surface area contributed by atoms with Crippen LogP contribution >= 0.6 is 0 Å². The molecule has 0 aliphatic carbocycles. The molecule has 0 radical (unpaired) electrons. The van der Waals surface area contributed by atoms with E-state index in [4.69, 9.17) is 0 Å². The van der Waals surface area contributed by atoms with Gasteiger partial charge in [0.25, 0.3) is 0 Å². The quantitative estimate of drug-likeness (QED) is 0.417. The number of hydrogen-bond acceptors (Lipinski definition) is 3. The normalized spacial score (nSPS) is 30.6. The van der Waals surface area contributed by atoms with Gasteiger partial charge >= 0.3 is 0 Å². The van der Waals surface area contributed by atoms with Gasteiger partial charge in [0, 0.05) is 6.54 Å². The van der Waals surface area contributed by atoms with E-state index in [1.807, 2.05) is 0 Å². The number of rotatable bonds is 1. The topological polar surface area (TPSA) is 41.1 Å². The summed E-state index contributed by atoms with van der Waals surface area (Å²) in [5, 5.41) is 0. The highest BCUT2D eigenvalue weighted by atomic mass is 16.1. The molecular formula is C4H8N2O. The second kappa shape index (κ2) is 2.04. The zero-order chi connectivity index (χ0) is 5.11. The van der Waals surface area contributed by atoms with Crippen LogP contribution in [-0.4, -0.2) is 18.9 Å². The molecular weight excluding hydrogens is 92.1 g/mol. The fourth-order valence-electron chi connectivity index (χ4n) is 0.605. The highest BCUT2D eigenvalue weighted by molar-refractivity contribution is 5.57. The number of hydrazine groups is 1. The van der Waals surface area contributed by atoms with E-state index >= 15 is 0 Å². The third-order valence-electron chi connectivity index (χ3n) is 1.03. The second-order valence-corrected chi connectivity index (χ2v) is 1.60. The summed E-state index contributed by atoms with van der Waals surface area (Å²) in [5.74, 6) is 0. The molecule has 0 amide bonds. The van der Waals surface area contributed by atoms with Crippen LogP contribution in [0.2, 0.25) is 0 Å². The van der Waals surface area contributed by atoms with Crippen molar-refractivity contribution in [2.45, 2.75) is 12.5 Å². The largest absolute Gasteiger partial charge is 0.302 e. The molecule has 1 fully saturated rings. The van der Waals surface area contributed by atoms with Crippen LogP contribution in [0, 0.1) is 0 Å². The van der Waals surface area contributed by atoms with Crippen LogP contribution in [0.4, 0.5) is 0 Å².